The number of carboxylic acids is 3. The number of benzene rings is 2. The van der Waals surface area contributed by atoms with Crippen LogP contribution in [0.25, 0.3) is 10.9 Å². The van der Waals surface area contributed by atoms with Crippen LogP contribution in [0.2, 0.25) is 0 Å². The molecule has 40 nitrogen and oxygen atoms in total. The summed E-state index contributed by atoms with van der Waals surface area (Å²) in [6.45, 7) is 11.0. The van der Waals surface area contributed by atoms with E-state index < -0.39 is 181 Å². The van der Waals surface area contributed by atoms with Crippen molar-refractivity contribution in [2.24, 2.45) is 29.2 Å². The fourth-order valence-electron chi connectivity index (χ4n) is 12.9. The van der Waals surface area contributed by atoms with Crippen molar-refractivity contribution in [1.29, 1.82) is 0 Å². The third-order valence-corrected chi connectivity index (χ3v) is 19.1. The van der Waals surface area contributed by atoms with Gasteiger partial charge in [0.15, 0.2) is 0 Å². The summed E-state index contributed by atoms with van der Waals surface area (Å²) in [7, 11) is 0. The summed E-state index contributed by atoms with van der Waals surface area (Å²) in [5.74, 6) is -14.3. The number of imidazole rings is 1. The van der Waals surface area contributed by atoms with Gasteiger partial charge in [-0.3, -0.25) is 96.3 Å². The number of nitrogens with zero attached hydrogens (tertiary/aromatic N) is 5. The van der Waals surface area contributed by atoms with Gasteiger partial charge in [0.05, 0.1) is 57.6 Å². The van der Waals surface area contributed by atoms with Crippen molar-refractivity contribution in [3.05, 3.63) is 90.1 Å². The Bertz CT molecular complexity index is 3960. The van der Waals surface area contributed by atoms with Crippen molar-refractivity contribution < 1.29 is 97.1 Å². The molecule has 0 bridgehead atoms. The lowest BCUT2D eigenvalue weighted by molar-refractivity contribution is -0.140. The van der Waals surface area contributed by atoms with Crippen LogP contribution in [0.4, 0.5) is 0 Å². The van der Waals surface area contributed by atoms with Crippen LogP contribution in [0.5, 0.6) is 0 Å². The molecule has 0 spiro atoms. The van der Waals surface area contributed by atoms with E-state index in [4.69, 9.17) is 11.5 Å². The molecule has 1 fully saturated rings. The molecule has 13 amide bonds. The predicted octanol–water partition coefficient (Wildman–Crippen LogP) is -4.33. The molecule has 5 rings (SSSR count). The van der Waals surface area contributed by atoms with Gasteiger partial charge in [0.1, 0.15) is 42.3 Å². The number of aliphatic hydroxyl groups excluding tert-OH is 1. The first-order valence-corrected chi connectivity index (χ1v) is 39.0. The van der Waals surface area contributed by atoms with Crippen molar-refractivity contribution in [3.63, 3.8) is 0 Å². The van der Waals surface area contributed by atoms with E-state index in [0.717, 1.165) is 0 Å². The third-order valence-electron chi connectivity index (χ3n) is 19.1. The summed E-state index contributed by atoms with van der Waals surface area (Å²) in [4.78, 5) is 229. The lowest BCUT2D eigenvalue weighted by atomic mass is 9.96. The minimum atomic E-state index is -1.60. The van der Waals surface area contributed by atoms with Crippen molar-refractivity contribution >= 4 is 106 Å². The van der Waals surface area contributed by atoms with E-state index in [1.165, 1.54) is 19.4 Å². The maximum atomic E-state index is 14.7. The molecule has 40 heteroatoms. The number of primary amides is 2. The van der Waals surface area contributed by atoms with Gasteiger partial charge >= 0.3 is 17.9 Å². The number of amides is 13. The highest BCUT2D eigenvalue weighted by Gasteiger charge is 2.36. The van der Waals surface area contributed by atoms with E-state index in [9.17, 15) is 97.1 Å². The van der Waals surface area contributed by atoms with Crippen LogP contribution in [0.15, 0.2) is 73.3 Å². The first-order valence-electron chi connectivity index (χ1n) is 39.0. The number of fused-ring (bicyclic) bond motifs is 1. The Balaban J connectivity index is 1.23. The van der Waals surface area contributed by atoms with Crippen LogP contribution < -0.4 is 70.0 Å². The summed E-state index contributed by atoms with van der Waals surface area (Å²) in [5, 5.41) is 69.4. The number of carboxylic acid groups (broad SMARTS) is 3. The Morgan fingerprint density at radius 3 is 1.51 bits per heavy atom. The summed E-state index contributed by atoms with van der Waals surface area (Å²) in [6.07, 6.45) is 0.940. The second kappa shape index (κ2) is 49.4. The fraction of sp³-hybridized carbons (Fsp3) is 0.571. The zero-order valence-electron chi connectivity index (χ0n) is 67.2. The average molecular weight is 1640 g/mol. The van der Waals surface area contributed by atoms with E-state index in [1.54, 1.807) is 94.2 Å². The normalized spacial score (nSPS) is 15.6. The number of carbonyl (C=O) groups excluding carboxylic acids is 13. The zero-order chi connectivity index (χ0) is 86.4. The maximum absolute atomic E-state index is 14.7. The van der Waals surface area contributed by atoms with Gasteiger partial charge in [-0.15, -0.1) is 0 Å². The molecule has 1 aliphatic rings. The Labute approximate surface area is 677 Å². The molecule has 21 N–H and O–H groups in total. The molecule has 0 saturated carbocycles. The van der Waals surface area contributed by atoms with Gasteiger partial charge in [-0.1, -0.05) is 90.1 Å². The number of para-hydroxylation sites is 1. The number of nitrogens with two attached hydrogens (primary N) is 2. The first kappa shape index (κ1) is 96.1. The molecule has 117 heavy (non-hydrogen) atoms. The van der Waals surface area contributed by atoms with Crippen LogP contribution in [-0.2, 0) is 96.0 Å². The molecule has 1 aliphatic heterocycles. The van der Waals surface area contributed by atoms with E-state index in [2.05, 4.69) is 73.4 Å². The van der Waals surface area contributed by atoms with E-state index in [0.29, 0.717) is 27.7 Å². The minimum Gasteiger partial charge on any atom is -0.480 e. The number of nitrogens with one attached hydrogen (secondary N) is 13. The Hall–Kier alpha value is -11.5. The van der Waals surface area contributed by atoms with Crippen LogP contribution in [0.1, 0.15) is 110 Å². The lowest BCUT2D eigenvalue weighted by Crippen LogP contribution is -2.60. The molecule has 0 radical (unpaired) electrons. The average Bonchev–Trinajstić information content (AvgIpc) is 1.70. The second-order valence-corrected chi connectivity index (χ2v) is 30.2. The van der Waals surface area contributed by atoms with Gasteiger partial charge in [0, 0.05) is 133 Å². The molecule has 1 saturated heterocycles. The first-order chi connectivity index (χ1) is 55.4. The summed E-state index contributed by atoms with van der Waals surface area (Å²) in [5.41, 5.74) is 13.3. The van der Waals surface area contributed by atoms with Gasteiger partial charge < -0.3 is 100 Å². The molecular formula is C77H116N20O20. The second-order valence-electron chi connectivity index (χ2n) is 30.2. The summed E-state index contributed by atoms with van der Waals surface area (Å²) >= 11 is 0. The number of carbonyl (C=O) groups is 16. The van der Waals surface area contributed by atoms with E-state index >= 15 is 0 Å². The Kier molecular flexibility index (Phi) is 40.6. The quantitative estimate of drug-likeness (QED) is 0.0199. The number of aromatic amines is 2. The largest absolute Gasteiger partial charge is 0.480 e. The third kappa shape index (κ3) is 36.5. The number of H-pyrrole nitrogens is 2. The highest BCUT2D eigenvalue weighted by atomic mass is 16.4. The van der Waals surface area contributed by atoms with Crippen LogP contribution in [-0.4, -0.2) is 302 Å². The number of aliphatic hydroxyl groups is 1. The highest BCUT2D eigenvalue weighted by Crippen LogP contribution is 2.21. The highest BCUT2D eigenvalue weighted by molar-refractivity contribution is 5.98. The Morgan fingerprint density at radius 2 is 0.966 bits per heavy atom. The van der Waals surface area contributed by atoms with E-state index in [-0.39, 0.29) is 148 Å². The number of hydrogen-bond donors (Lipinski definition) is 19. The van der Waals surface area contributed by atoms with Gasteiger partial charge in [0.2, 0.25) is 76.8 Å². The molecular weight excluding hydrogens is 1520 g/mol. The topological polar surface area (TPSA) is 596 Å². The molecule has 2 aromatic carbocycles. The molecule has 3 heterocycles. The number of hydrogen-bond acceptors (Lipinski definition) is 22. The van der Waals surface area contributed by atoms with Crippen molar-refractivity contribution in [3.8, 4) is 0 Å². The van der Waals surface area contributed by atoms with Crippen LogP contribution >= 0.6 is 0 Å². The van der Waals surface area contributed by atoms with Crippen LogP contribution in [0, 0.1) is 17.8 Å². The molecule has 1 unspecified atom stereocenters. The summed E-state index contributed by atoms with van der Waals surface area (Å²) in [6, 6.07) is 4.90. The predicted molar refractivity (Wildman–Crippen MR) is 424 cm³/mol. The van der Waals surface area contributed by atoms with Gasteiger partial charge in [-0.2, -0.15) is 0 Å². The number of aliphatic carboxylic acids is 3. The molecule has 4 aromatic rings. The van der Waals surface area contributed by atoms with Gasteiger partial charge in [0.25, 0.3) is 0 Å². The SMILES string of the molecule is CC(C)CC(NC(=O)[C@H](Cc1cnc[nH]1)NC(=O)CNC(=O)[C@@H](NC(=O)[C@H](C)NC(=O)[C@H](Cc1c[nH]c2ccccc12)NC(=O)[C@H](CCC(N)=O)NC(=O)[C@@H](Cc1ccccc1)NC(=O)CCNC(=O)CCNC(=O)CN1CCN(CC(=O)O)CCN(CC(=O)O)CCN(CC(=O)O)CC1)C(C)C)[C@@H](O)CC(=O)N[C@@H](CC(C)C)C(N)=O. The summed E-state index contributed by atoms with van der Waals surface area (Å²) < 4.78 is 0. The molecule has 2 aromatic heterocycles. The van der Waals surface area contributed by atoms with Crippen molar-refractivity contribution in [1.82, 2.24) is 93.0 Å². The Morgan fingerprint density at radius 1 is 0.470 bits per heavy atom. The fourth-order valence-corrected chi connectivity index (χ4v) is 12.9. The van der Waals surface area contributed by atoms with Crippen molar-refractivity contribution in [2.45, 2.75) is 167 Å². The number of aromatic nitrogens is 3. The molecule has 644 valence electrons. The zero-order valence-corrected chi connectivity index (χ0v) is 67.2. The van der Waals surface area contributed by atoms with Gasteiger partial charge in [-0.25, -0.2) is 4.98 Å². The molecule has 9 atom stereocenters. The van der Waals surface area contributed by atoms with Crippen LogP contribution in [0.3, 0.4) is 0 Å². The van der Waals surface area contributed by atoms with Gasteiger partial charge in [-0.05, 0) is 61.1 Å². The smallest absolute Gasteiger partial charge is 0.317 e. The maximum Gasteiger partial charge on any atom is 0.317 e. The minimum absolute atomic E-state index is 0.00306. The molecule has 0 aliphatic carbocycles. The van der Waals surface area contributed by atoms with E-state index in [1.807, 2.05) is 27.7 Å². The standard InChI is InChI=1S/C77H116N20O20/c1-45(2)31-55(60(98)36-64(102)87-56(71(79)111)32-46(3)4)91-76(116)59(35-51-38-80-44-85-51)89-65(103)39-84-77(117)70(47(5)6)93-72(112)48(7)86-74(114)58(34-50-37-83-53-16-12-11-15-52(50)53)92-73(113)54(17-18-61(78)99)90-75(115)57(33-49-13-9-8-10-14-49)88-63(101)20-22-81-62(100)19-21-82-66(104)40-94-23-25-95(41-67(105)106)27-29-97(43-69(109)110)30-28-96(26-24-94)42-68(107)108/h8-16,37-38,44-48,54-60,70,83,98H,17-36,39-43H2,1-7H3,(H2,78,99)(H2,79,111)(H,80,85)(H,81,100)(H,82,104)(H,84,117)(H,86,114)(H,87,102)(H,88,101)(H,89,103)(H,90,115)(H,91,116)(H,92,113)(H,93,112)(H,105,106)(H,107,108)(H,109,110)/t48-,54-,55?,56-,57+,58-,59-,60-,70-/m0/s1. The lowest BCUT2D eigenvalue weighted by Gasteiger charge is -2.32. The van der Waals surface area contributed by atoms with Crippen molar-refractivity contribution in [2.75, 3.05) is 98.2 Å². The number of rotatable bonds is 48. The monoisotopic (exact) mass is 1640 g/mol.